The number of hydrogen-bond donors (Lipinski definition) is 1. The third kappa shape index (κ3) is 1.83. The quantitative estimate of drug-likeness (QED) is 0.837. The molecule has 0 aliphatic heterocycles. The lowest BCUT2D eigenvalue weighted by atomic mass is 10.5. The van der Waals surface area contributed by atoms with Crippen molar-refractivity contribution in [2.45, 2.75) is 13.5 Å². The first-order chi connectivity index (χ1) is 6.79. The smallest absolute Gasteiger partial charge is 0.238 e. The van der Waals surface area contributed by atoms with E-state index in [4.69, 9.17) is 4.42 Å². The van der Waals surface area contributed by atoms with Crippen LogP contribution in [0.25, 0.3) is 10.8 Å². The molecule has 1 N–H and O–H groups in total. The number of aromatic nitrogens is 2. The lowest BCUT2D eigenvalue weighted by molar-refractivity contribution is 0.573. The Morgan fingerprint density at radius 2 is 2.43 bits per heavy atom. The van der Waals surface area contributed by atoms with Gasteiger partial charge in [-0.2, -0.15) is 0 Å². The number of aryl methyl sites for hydroxylation is 1. The zero-order chi connectivity index (χ0) is 9.97. The predicted octanol–water partition coefficient (Wildman–Crippen LogP) is 1.83. The van der Waals surface area contributed by atoms with E-state index in [9.17, 15) is 0 Å². The highest BCUT2D eigenvalue weighted by Gasteiger charge is 2.08. The van der Waals surface area contributed by atoms with Gasteiger partial charge in [-0.25, -0.2) is 9.97 Å². The van der Waals surface area contributed by atoms with Crippen LogP contribution in [0.5, 0.6) is 0 Å². The van der Waals surface area contributed by atoms with Crippen LogP contribution in [0.15, 0.2) is 16.9 Å². The average molecular weight is 209 g/mol. The molecule has 2 aromatic rings. The summed E-state index contributed by atoms with van der Waals surface area (Å²) in [6.07, 6.45) is 3.45. The summed E-state index contributed by atoms with van der Waals surface area (Å²) in [6.45, 7) is 2.69. The fourth-order valence-corrected chi connectivity index (χ4v) is 1.85. The molecule has 0 spiro atoms. The highest BCUT2D eigenvalue weighted by Crippen LogP contribution is 2.24. The topological polar surface area (TPSA) is 51.0 Å². The third-order valence-corrected chi connectivity index (χ3v) is 2.64. The van der Waals surface area contributed by atoms with E-state index in [1.165, 1.54) is 0 Å². The van der Waals surface area contributed by atoms with Gasteiger partial charge < -0.3 is 9.73 Å². The highest BCUT2D eigenvalue weighted by atomic mass is 32.1. The Hall–Kier alpha value is -1.20. The van der Waals surface area contributed by atoms with Crippen LogP contribution in [0.2, 0.25) is 0 Å². The van der Waals surface area contributed by atoms with Crippen molar-refractivity contribution in [3.05, 3.63) is 23.2 Å². The number of nitrogens with zero attached hydrogens (tertiary/aromatic N) is 2. The minimum atomic E-state index is 0.654. The summed E-state index contributed by atoms with van der Waals surface area (Å²) in [7, 11) is 1.88. The first-order valence-corrected chi connectivity index (χ1v) is 5.13. The van der Waals surface area contributed by atoms with E-state index < -0.39 is 0 Å². The number of rotatable bonds is 3. The van der Waals surface area contributed by atoms with Crippen LogP contribution >= 0.6 is 11.3 Å². The van der Waals surface area contributed by atoms with E-state index in [-0.39, 0.29) is 0 Å². The lowest BCUT2D eigenvalue weighted by Crippen LogP contribution is -2.04. The molecule has 0 saturated carbocycles. The van der Waals surface area contributed by atoms with Crippen molar-refractivity contribution >= 4 is 11.3 Å². The Morgan fingerprint density at radius 3 is 3.07 bits per heavy atom. The van der Waals surface area contributed by atoms with E-state index in [1.807, 2.05) is 14.0 Å². The van der Waals surface area contributed by atoms with E-state index in [0.29, 0.717) is 5.89 Å². The largest absolute Gasteiger partial charge is 0.443 e. The van der Waals surface area contributed by atoms with Crippen molar-refractivity contribution in [2.24, 2.45) is 0 Å². The molecule has 4 nitrogen and oxygen atoms in total. The number of oxazole rings is 1. The maximum absolute atomic E-state index is 5.34. The summed E-state index contributed by atoms with van der Waals surface area (Å²) < 4.78 is 5.34. The van der Waals surface area contributed by atoms with Gasteiger partial charge >= 0.3 is 0 Å². The molecule has 2 heterocycles. The second kappa shape index (κ2) is 3.89. The molecule has 0 saturated heterocycles. The van der Waals surface area contributed by atoms with Gasteiger partial charge in [0.15, 0.2) is 0 Å². The Kier molecular flexibility index (Phi) is 2.60. The molecule has 0 aromatic carbocycles. The third-order valence-electron chi connectivity index (χ3n) is 1.74. The summed E-state index contributed by atoms with van der Waals surface area (Å²) in [4.78, 5) is 9.45. The summed E-state index contributed by atoms with van der Waals surface area (Å²) in [5.41, 5.74) is 0.911. The Labute approximate surface area is 86.0 Å². The highest BCUT2D eigenvalue weighted by molar-refractivity contribution is 7.14. The van der Waals surface area contributed by atoms with Gasteiger partial charge in [-0.15, -0.1) is 11.3 Å². The van der Waals surface area contributed by atoms with Crippen LogP contribution in [0.3, 0.4) is 0 Å². The van der Waals surface area contributed by atoms with Gasteiger partial charge in [-0.05, 0) is 14.0 Å². The van der Waals surface area contributed by atoms with Crippen molar-refractivity contribution < 1.29 is 4.42 Å². The van der Waals surface area contributed by atoms with Gasteiger partial charge in [0.05, 0.1) is 16.9 Å². The van der Waals surface area contributed by atoms with Gasteiger partial charge in [0, 0.05) is 6.54 Å². The molecule has 0 atom stereocenters. The van der Waals surface area contributed by atoms with E-state index >= 15 is 0 Å². The second-order valence-electron chi connectivity index (χ2n) is 2.92. The van der Waals surface area contributed by atoms with E-state index in [0.717, 1.165) is 22.1 Å². The second-order valence-corrected chi connectivity index (χ2v) is 4.15. The van der Waals surface area contributed by atoms with Crippen LogP contribution in [-0.4, -0.2) is 17.0 Å². The summed E-state index contributed by atoms with van der Waals surface area (Å²) in [5, 5.41) is 4.04. The molecule has 14 heavy (non-hydrogen) atoms. The zero-order valence-electron chi connectivity index (χ0n) is 8.07. The zero-order valence-corrected chi connectivity index (χ0v) is 8.89. The molecule has 0 amide bonds. The van der Waals surface area contributed by atoms with Crippen molar-refractivity contribution in [3.8, 4) is 10.8 Å². The van der Waals surface area contributed by atoms with Gasteiger partial charge in [-0.1, -0.05) is 0 Å². The van der Waals surface area contributed by atoms with Crippen LogP contribution in [0, 0.1) is 6.92 Å². The van der Waals surface area contributed by atoms with Crippen LogP contribution in [0.4, 0.5) is 0 Å². The summed E-state index contributed by atoms with van der Waals surface area (Å²) >= 11 is 1.58. The van der Waals surface area contributed by atoms with Crippen molar-refractivity contribution in [1.82, 2.24) is 15.3 Å². The molecule has 74 valence electrons. The first-order valence-electron chi connectivity index (χ1n) is 4.31. The predicted molar refractivity (Wildman–Crippen MR) is 55.1 cm³/mol. The maximum Gasteiger partial charge on any atom is 0.238 e. The molecule has 2 rings (SSSR count). The molecule has 0 aliphatic carbocycles. The molecule has 0 aliphatic rings. The fourth-order valence-electron chi connectivity index (χ4n) is 1.14. The normalized spacial score (nSPS) is 10.7. The fraction of sp³-hybridized carbons (Fsp3) is 0.333. The standard InChI is InChI=1S/C9H11N3OS/c1-6-11-4-8(14-6)9-12-7(3-10-2)5-13-9/h4-5,10H,3H2,1-2H3. The van der Waals surface area contributed by atoms with Crippen molar-refractivity contribution in [2.75, 3.05) is 7.05 Å². The van der Waals surface area contributed by atoms with E-state index in [2.05, 4.69) is 15.3 Å². The van der Waals surface area contributed by atoms with Gasteiger partial charge in [0.25, 0.3) is 0 Å². The number of thiazole rings is 1. The Bertz CT molecular complexity index is 421. The lowest BCUT2D eigenvalue weighted by Gasteiger charge is -1.88. The molecule has 5 heteroatoms. The monoisotopic (exact) mass is 209 g/mol. The van der Waals surface area contributed by atoms with E-state index in [1.54, 1.807) is 23.8 Å². The molecular formula is C9H11N3OS. The van der Waals surface area contributed by atoms with Crippen LogP contribution in [-0.2, 0) is 6.54 Å². The van der Waals surface area contributed by atoms with Crippen molar-refractivity contribution in [1.29, 1.82) is 0 Å². The number of hydrogen-bond acceptors (Lipinski definition) is 5. The number of nitrogens with one attached hydrogen (secondary N) is 1. The molecular weight excluding hydrogens is 198 g/mol. The van der Waals surface area contributed by atoms with Gasteiger partial charge in [0.2, 0.25) is 5.89 Å². The Morgan fingerprint density at radius 1 is 1.57 bits per heavy atom. The Balaban J connectivity index is 2.24. The first kappa shape index (κ1) is 9.36. The van der Waals surface area contributed by atoms with Crippen LogP contribution < -0.4 is 5.32 Å². The SMILES string of the molecule is CNCc1coc(-c2cnc(C)s2)n1. The minimum absolute atomic E-state index is 0.654. The summed E-state index contributed by atoms with van der Waals surface area (Å²) in [5.74, 6) is 0.654. The average Bonchev–Trinajstić information content (AvgIpc) is 2.74. The van der Waals surface area contributed by atoms with Gasteiger partial charge in [-0.3, -0.25) is 0 Å². The summed E-state index contributed by atoms with van der Waals surface area (Å²) in [6, 6.07) is 0. The van der Waals surface area contributed by atoms with Gasteiger partial charge in [0.1, 0.15) is 11.1 Å². The molecule has 0 fully saturated rings. The van der Waals surface area contributed by atoms with Crippen molar-refractivity contribution in [3.63, 3.8) is 0 Å². The molecule has 2 aromatic heterocycles. The molecule has 0 bridgehead atoms. The maximum atomic E-state index is 5.34. The minimum Gasteiger partial charge on any atom is -0.443 e. The molecule has 0 unspecified atom stereocenters. The molecule has 0 radical (unpaired) electrons. The van der Waals surface area contributed by atoms with Crippen LogP contribution in [0.1, 0.15) is 10.7 Å².